The summed E-state index contributed by atoms with van der Waals surface area (Å²) < 4.78 is 0. The summed E-state index contributed by atoms with van der Waals surface area (Å²) in [4.78, 5) is 14.0. The lowest BCUT2D eigenvalue weighted by Gasteiger charge is -2.17. The Labute approximate surface area is 108 Å². The molecule has 94 valence electrons. The molecule has 1 atom stereocenters. The lowest BCUT2D eigenvalue weighted by atomic mass is 10.0. The Bertz CT molecular complexity index is 420. The highest BCUT2D eigenvalue weighted by atomic mass is 35.5. The van der Waals surface area contributed by atoms with Crippen molar-refractivity contribution < 1.29 is 4.79 Å². The number of halogens is 1. The summed E-state index contributed by atoms with van der Waals surface area (Å²) >= 11 is 0. The minimum absolute atomic E-state index is 0. The van der Waals surface area contributed by atoms with Gasteiger partial charge in [-0.1, -0.05) is 17.7 Å². The predicted octanol–water partition coefficient (Wildman–Crippen LogP) is 1.90. The standard InChI is InChI=1S/C13H18N2O.ClH/c1-9-3-4-12(10(2)7-9)13(16)15-6-5-11(14)8-15;/h3-4,7,11H,5-6,8,14H2,1-2H3;1H/t11-;/m1./s1. The molecule has 1 heterocycles. The topological polar surface area (TPSA) is 46.3 Å². The molecule has 0 spiro atoms. The van der Waals surface area contributed by atoms with Gasteiger partial charge in [0.05, 0.1) is 0 Å². The fourth-order valence-electron chi connectivity index (χ4n) is 2.20. The molecular weight excluding hydrogens is 236 g/mol. The number of likely N-dealkylation sites (tertiary alicyclic amines) is 1. The van der Waals surface area contributed by atoms with Gasteiger partial charge in [0.1, 0.15) is 0 Å². The van der Waals surface area contributed by atoms with Gasteiger partial charge in [-0.2, -0.15) is 0 Å². The summed E-state index contributed by atoms with van der Waals surface area (Å²) in [6.07, 6.45) is 0.913. The van der Waals surface area contributed by atoms with E-state index in [9.17, 15) is 4.79 Å². The first-order valence-corrected chi connectivity index (χ1v) is 5.70. The second kappa shape index (κ2) is 5.52. The van der Waals surface area contributed by atoms with E-state index in [0.717, 1.165) is 24.1 Å². The number of nitrogens with zero attached hydrogens (tertiary/aromatic N) is 1. The summed E-state index contributed by atoms with van der Waals surface area (Å²) in [7, 11) is 0. The molecule has 3 nitrogen and oxygen atoms in total. The average molecular weight is 255 g/mol. The molecule has 1 amide bonds. The van der Waals surface area contributed by atoms with E-state index in [4.69, 9.17) is 5.73 Å². The van der Waals surface area contributed by atoms with Crippen molar-refractivity contribution in [2.75, 3.05) is 13.1 Å². The van der Waals surface area contributed by atoms with Crippen LogP contribution in [0.15, 0.2) is 18.2 Å². The molecule has 0 unspecified atom stereocenters. The number of hydrogen-bond donors (Lipinski definition) is 1. The first kappa shape index (κ1) is 14.0. The summed E-state index contributed by atoms with van der Waals surface area (Å²) in [5, 5.41) is 0. The molecule has 1 fully saturated rings. The number of nitrogens with two attached hydrogens (primary N) is 1. The van der Waals surface area contributed by atoms with Crippen LogP contribution in [0.5, 0.6) is 0 Å². The zero-order valence-corrected chi connectivity index (χ0v) is 11.1. The Hall–Kier alpha value is -1.06. The Balaban J connectivity index is 0.00000144. The molecule has 1 aliphatic heterocycles. The van der Waals surface area contributed by atoms with Crippen molar-refractivity contribution in [2.45, 2.75) is 26.3 Å². The molecule has 4 heteroatoms. The van der Waals surface area contributed by atoms with Crippen molar-refractivity contribution in [1.82, 2.24) is 4.90 Å². The van der Waals surface area contributed by atoms with Crippen molar-refractivity contribution in [2.24, 2.45) is 5.73 Å². The van der Waals surface area contributed by atoms with Gasteiger partial charge in [-0.3, -0.25) is 4.79 Å². The number of benzene rings is 1. The fourth-order valence-corrected chi connectivity index (χ4v) is 2.20. The maximum Gasteiger partial charge on any atom is 0.254 e. The largest absolute Gasteiger partial charge is 0.337 e. The molecule has 0 bridgehead atoms. The molecule has 0 aromatic heterocycles. The van der Waals surface area contributed by atoms with Gasteiger partial charge in [-0.05, 0) is 31.9 Å². The third-order valence-corrected chi connectivity index (χ3v) is 3.12. The molecule has 17 heavy (non-hydrogen) atoms. The van der Waals surface area contributed by atoms with E-state index in [1.807, 2.05) is 36.9 Å². The maximum atomic E-state index is 12.2. The van der Waals surface area contributed by atoms with E-state index in [1.165, 1.54) is 5.56 Å². The lowest BCUT2D eigenvalue weighted by molar-refractivity contribution is 0.0790. The number of carbonyl (C=O) groups is 1. The van der Waals surface area contributed by atoms with Crippen molar-refractivity contribution in [3.8, 4) is 0 Å². The highest BCUT2D eigenvalue weighted by Gasteiger charge is 2.25. The monoisotopic (exact) mass is 254 g/mol. The summed E-state index contributed by atoms with van der Waals surface area (Å²) in [5.41, 5.74) is 8.85. The van der Waals surface area contributed by atoms with E-state index in [-0.39, 0.29) is 24.4 Å². The highest BCUT2D eigenvalue weighted by Crippen LogP contribution is 2.16. The van der Waals surface area contributed by atoms with Gasteiger partial charge in [0.15, 0.2) is 0 Å². The number of rotatable bonds is 1. The van der Waals surface area contributed by atoms with Crippen LogP contribution < -0.4 is 5.73 Å². The van der Waals surface area contributed by atoms with E-state index < -0.39 is 0 Å². The smallest absolute Gasteiger partial charge is 0.254 e. The lowest BCUT2D eigenvalue weighted by Crippen LogP contribution is -2.32. The van der Waals surface area contributed by atoms with Crippen LogP contribution in [-0.4, -0.2) is 29.9 Å². The highest BCUT2D eigenvalue weighted by molar-refractivity contribution is 5.95. The molecule has 1 saturated heterocycles. The zero-order valence-electron chi connectivity index (χ0n) is 10.3. The van der Waals surface area contributed by atoms with E-state index >= 15 is 0 Å². The van der Waals surface area contributed by atoms with Crippen LogP contribution in [0.2, 0.25) is 0 Å². The first-order chi connectivity index (χ1) is 7.58. The van der Waals surface area contributed by atoms with Gasteiger partial charge in [0.2, 0.25) is 0 Å². The average Bonchev–Trinajstić information content (AvgIpc) is 2.64. The summed E-state index contributed by atoms with van der Waals surface area (Å²) in [6, 6.07) is 6.09. The normalized spacial score (nSPS) is 19.0. The first-order valence-electron chi connectivity index (χ1n) is 5.70. The van der Waals surface area contributed by atoms with E-state index in [2.05, 4.69) is 0 Å². The molecule has 1 aliphatic rings. The zero-order chi connectivity index (χ0) is 11.7. The molecular formula is C13H19ClN2O. The Morgan fingerprint density at radius 3 is 2.65 bits per heavy atom. The summed E-state index contributed by atoms with van der Waals surface area (Å²) in [5.74, 6) is 0.116. The Morgan fingerprint density at radius 1 is 1.41 bits per heavy atom. The number of hydrogen-bond acceptors (Lipinski definition) is 2. The predicted molar refractivity (Wildman–Crippen MR) is 71.7 cm³/mol. The minimum Gasteiger partial charge on any atom is -0.337 e. The van der Waals surface area contributed by atoms with Crippen molar-refractivity contribution in [3.63, 3.8) is 0 Å². The van der Waals surface area contributed by atoms with Gasteiger partial charge in [-0.15, -0.1) is 12.4 Å². The van der Waals surface area contributed by atoms with Crippen molar-refractivity contribution in [1.29, 1.82) is 0 Å². The molecule has 1 aromatic carbocycles. The van der Waals surface area contributed by atoms with Crippen molar-refractivity contribution >= 4 is 18.3 Å². The van der Waals surface area contributed by atoms with Crippen LogP contribution >= 0.6 is 12.4 Å². The quantitative estimate of drug-likeness (QED) is 0.832. The van der Waals surface area contributed by atoms with Crippen molar-refractivity contribution in [3.05, 3.63) is 34.9 Å². The van der Waals surface area contributed by atoms with Gasteiger partial charge in [-0.25, -0.2) is 0 Å². The van der Waals surface area contributed by atoms with Crippen LogP contribution in [-0.2, 0) is 0 Å². The minimum atomic E-state index is 0. The van der Waals surface area contributed by atoms with Gasteiger partial charge < -0.3 is 10.6 Å². The number of carbonyl (C=O) groups excluding carboxylic acids is 1. The van der Waals surface area contributed by atoms with Crippen LogP contribution in [0, 0.1) is 13.8 Å². The molecule has 1 aromatic rings. The number of aryl methyl sites for hydroxylation is 2. The van der Waals surface area contributed by atoms with E-state index in [0.29, 0.717) is 6.54 Å². The van der Waals surface area contributed by atoms with Gasteiger partial charge in [0, 0.05) is 24.7 Å². The molecule has 0 saturated carbocycles. The van der Waals surface area contributed by atoms with E-state index in [1.54, 1.807) is 0 Å². The van der Waals surface area contributed by atoms with Crippen LogP contribution in [0.1, 0.15) is 27.9 Å². The van der Waals surface area contributed by atoms with Gasteiger partial charge in [0.25, 0.3) is 5.91 Å². The summed E-state index contributed by atoms with van der Waals surface area (Å²) in [6.45, 7) is 5.49. The fraction of sp³-hybridized carbons (Fsp3) is 0.462. The molecule has 2 N–H and O–H groups in total. The second-order valence-corrected chi connectivity index (χ2v) is 4.62. The Morgan fingerprint density at radius 2 is 2.12 bits per heavy atom. The van der Waals surface area contributed by atoms with Crippen LogP contribution in [0.3, 0.4) is 0 Å². The maximum absolute atomic E-state index is 12.2. The SMILES string of the molecule is Cc1ccc(C(=O)N2CC[C@@H](N)C2)c(C)c1.Cl. The Kier molecular flexibility index (Phi) is 4.54. The molecule has 2 rings (SSSR count). The van der Waals surface area contributed by atoms with Crippen LogP contribution in [0.25, 0.3) is 0 Å². The van der Waals surface area contributed by atoms with Gasteiger partial charge >= 0.3 is 0 Å². The third kappa shape index (κ3) is 2.99. The third-order valence-electron chi connectivity index (χ3n) is 3.12. The number of amides is 1. The molecule has 0 aliphatic carbocycles. The molecule has 0 radical (unpaired) electrons. The second-order valence-electron chi connectivity index (χ2n) is 4.62. The van der Waals surface area contributed by atoms with Crippen LogP contribution in [0.4, 0.5) is 0 Å².